The third-order valence-electron chi connectivity index (χ3n) is 3.74. The molecule has 0 spiro atoms. The van der Waals surface area contributed by atoms with Gasteiger partial charge in [-0.3, -0.25) is 10.3 Å². The Morgan fingerprint density at radius 2 is 1.90 bits per heavy atom. The van der Waals surface area contributed by atoms with Gasteiger partial charge in [0, 0.05) is 37.8 Å². The first kappa shape index (κ1) is 15.3. The Balaban J connectivity index is 2.19. The number of nitrogens with two attached hydrogens (primary N) is 1. The third kappa shape index (κ3) is 2.96. The summed E-state index contributed by atoms with van der Waals surface area (Å²) in [4.78, 5) is 4.43. The number of nitrogen functional groups attached to an aromatic ring is 1. The van der Waals surface area contributed by atoms with Crippen molar-refractivity contribution in [2.24, 2.45) is 5.73 Å². The highest BCUT2D eigenvalue weighted by molar-refractivity contribution is 9.10. The van der Waals surface area contributed by atoms with E-state index in [0.29, 0.717) is 17.3 Å². The number of nitrogens with one attached hydrogen (secondary N) is 1. The van der Waals surface area contributed by atoms with Crippen LogP contribution in [0, 0.1) is 11.2 Å². The van der Waals surface area contributed by atoms with Crippen molar-refractivity contribution in [3.8, 4) is 0 Å². The Kier molecular flexibility index (Phi) is 4.65. The predicted octanol–water partition coefficient (Wildman–Crippen LogP) is 2.40. The minimum absolute atomic E-state index is 0.132. The van der Waals surface area contributed by atoms with Crippen molar-refractivity contribution in [2.75, 3.05) is 31.1 Å². The van der Waals surface area contributed by atoms with E-state index in [1.165, 1.54) is 0 Å². The molecule has 1 heterocycles. The van der Waals surface area contributed by atoms with E-state index in [-0.39, 0.29) is 16.1 Å². The average molecular weight is 343 g/mol. The highest BCUT2D eigenvalue weighted by atomic mass is 79.9. The lowest BCUT2D eigenvalue weighted by atomic mass is 10.1. The Labute approximate surface area is 127 Å². The van der Waals surface area contributed by atoms with Crippen LogP contribution in [0.2, 0.25) is 0 Å². The number of nitrogens with zero attached hydrogens (tertiary/aromatic N) is 2. The molecule has 1 fully saturated rings. The molecule has 110 valence electrons. The summed E-state index contributed by atoms with van der Waals surface area (Å²) in [6.07, 6.45) is 0. The Hall–Kier alpha value is -1.14. The zero-order valence-electron chi connectivity index (χ0n) is 11.8. The van der Waals surface area contributed by atoms with E-state index in [9.17, 15) is 4.39 Å². The van der Waals surface area contributed by atoms with Crippen molar-refractivity contribution in [1.29, 1.82) is 5.41 Å². The Morgan fingerprint density at radius 3 is 2.40 bits per heavy atom. The first-order valence-corrected chi connectivity index (χ1v) is 7.52. The average Bonchev–Trinajstić information content (AvgIpc) is 2.41. The number of hydrogen-bond donors (Lipinski definition) is 2. The van der Waals surface area contributed by atoms with E-state index in [2.05, 4.69) is 34.7 Å². The van der Waals surface area contributed by atoms with Crippen LogP contribution in [0.15, 0.2) is 16.6 Å². The van der Waals surface area contributed by atoms with Crippen LogP contribution in [0.1, 0.15) is 19.4 Å². The molecule has 4 nitrogen and oxygen atoms in total. The number of benzene rings is 1. The van der Waals surface area contributed by atoms with Crippen molar-refractivity contribution >= 4 is 27.5 Å². The largest absolute Gasteiger partial charge is 0.384 e. The summed E-state index contributed by atoms with van der Waals surface area (Å²) in [5.41, 5.74) is 6.40. The second kappa shape index (κ2) is 6.10. The van der Waals surface area contributed by atoms with Gasteiger partial charge < -0.3 is 10.6 Å². The maximum Gasteiger partial charge on any atom is 0.161 e. The molecule has 2 rings (SSSR count). The summed E-state index contributed by atoms with van der Waals surface area (Å²) in [5.74, 6) is -0.470. The number of halogens is 2. The molecule has 6 heteroatoms. The van der Waals surface area contributed by atoms with Gasteiger partial charge in [-0.1, -0.05) is 0 Å². The van der Waals surface area contributed by atoms with E-state index in [4.69, 9.17) is 11.1 Å². The van der Waals surface area contributed by atoms with Gasteiger partial charge >= 0.3 is 0 Å². The number of amidine groups is 1. The molecule has 1 aromatic rings. The summed E-state index contributed by atoms with van der Waals surface area (Å²) in [6, 6.07) is 3.93. The molecule has 0 aliphatic carbocycles. The van der Waals surface area contributed by atoms with Crippen LogP contribution in [0.25, 0.3) is 0 Å². The summed E-state index contributed by atoms with van der Waals surface area (Å²) in [7, 11) is 0. The molecule has 3 N–H and O–H groups in total. The lowest BCUT2D eigenvalue weighted by Gasteiger charge is -2.38. The first-order chi connectivity index (χ1) is 9.41. The van der Waals surface area contributed by atoms with E-state index in [1.54, 1.807) is 12.1 Å². The summed E-state index contributed by atoms with van der Waals surface area (Å²) in [5, 5.41) is 7.42. The maximum absolute atomic E-state index is 14.4. The van der Waals surface area contributed by atoms with Gasteiger partial charge in [0.1, 0.15) is 5.84 Å². The van der Waals surface area contributed by atoms with Crippen molar-refractivity contribution in [3.63, 3.8) is 0 Å². The second-order valence-electron chi connectivity index (χ2n) is 5.29. The molecule has 0 radical (unpaired) electrons. The van der Waals surface area contributed by atoms with Gasteiger partial charge in [0.05, 0.1) is 10.2 Å². The number of anilines is 1. The van der Waals surface area contributed by atoms with Gasteiger partial charge in [0.25, 0.3) is 0 Å². The molecule has 1 aliphatic heterocycles. The van der Waals surface area contributed by atoms with Gasteiger partial charge in [0.2, 0.25) is 0 Å². The minimum Gasteiger partial charge on any atom is -0.384 e. The molecule has 0 unspecified atom stereocenters. The highest BCUT2D eigenvalue weighted by Crippen LogP contribution is 2.30. The fourth-order valence-electron chi connectivity index (χ4n) is 2.47. The van der Waals surface area contributed by atoms with Crippen LogP contribution in [-0.2, 0) is 0 Å². The lowest BCUT2D eigenvalue weighted by Crippen LogP contribution is -2.49. The molecule has 20 heavy (non-hydrogen) atoms. The number of piperazine rings is 1. The number of hydrogen-bond acceptors (Lipinski definition) is 3. The van der Waals surface area contributed by atoms with Crippen LogP contribution in [0.4, 0.5) is 10.1 Å². The molecule has 0 saturated carbocycles. The molecule has 1 aliphatic rings. The van der Waals surface area contributed by atoms with E-state index >= 15 is 0 Å². The standard InChI is InChI=1S/C14H20BrFN4/c1-9(2)19-5-7-20(8-6-19)11-4-3-10(14(17)18)12(15)13(11)16/h3-4,9H,5-8H2,1-2H3,(H3,17,18). The SMILES string of the molecule is CC(C)N1CCN(c2ccc(C(=N)N)c(Br)c2F)CC1. The molecule has 1 aromatic carbocycles. The van der Waals surface area contributed by atoms with E-state index in [1.807, 2.05) is 4.90 Å². The molecule has 0 bridgehead atoms. The van der Waals surface area contributed by atoms with Gasteiger partial charge in [0.15, 0.2) is 5.82 Å². The van der Waals surface area contributed by atoms with Gasteiger partial charge in [-0.2, -0.15) is 0 Å². The van der Waals surface area contributed by atoms with Gasteiger partial charge in [-0.15, -0.1) is 0 Å². The van der Waals surface area contributed by atoms with Crippen molar-refractivity contribution in [1.82, 2.24) is 4.90 Å². The highest BCUT2D eigenvalue weighted by Gasteiger charge is 2.23. The first-order valence-electron chi connectivity index (χ1n) is 6.73. The van der Waals surface area contributed by atoms with Crippen LogP contribution in [0.3, 0.4) is 0 Å². The van der Waals surface area contributed by atoms with Gasteiger partial charge in [-0.25, -0.2) is 4.39 Å². The summed E-state index contributed by atoms with van der Waals surface area (Å²) < 4.78 is 14.7. The van der Waals surface area contributed by atoms with Crippen molar-refractivity contribution in [3.05, 3.63) is 28.0 Å². The molecular weight excluding hydrogens is 323 g/mol. The van der Waals surface area contributed by atoms with Crippen LogP contribution >= 0.6 is 15.9 Å². The van der Waals surface area contributed by atoms with Crippen LogP contribution in [0.5, 0.6) is 0 Å². The monoisotopic (exact) mass is 342 g/mol. The molecule has 0 amide bonds. The topological polar surface area (TPSA) is 56.4 Å². The maximum atomic E-state index is 14.4. The van der Waals surface area contributed by atoms with Crippen LogP contribution < -0.4 is 10.6 Å². The Morgan fingerprint density at radius 1 is 1.30 bits per heavy atom. The van der Waals surface area contributed by atoms with Crippen LogP contribution in [-0.4, -0.2) is 43.0 Å². The normalized spacial score (nSPS) is 16.8. The fraction of sp³-hybridized carbons (Fsp3) is 0.500. The lowest BCUT2D eigenvalue weighted by molar-refractivity contribution is 0.209. The molecule has 0 aromatic heterocycles. The summed E-state index contributed by atoms with van der Waals surface area (Å²) >= 11 is 3.20. The summed E-state index contributed by atoms with van der Waals surface area (Å²) in [6.45, 7) is 7.83. The minimum atomic E-state index is -0.337. The zero-order valence-corrected chi connectivity index (χ0v) is 13.4. The zero-order chi connectivity index (χ0) is 14.9. The smallest absolute Gasteiger partial charge is 0.161 e. The van der Waals surface area contributed by atoms with Crippen molar-refractivity contribution in [2.45, 2.75) is 19.9 Å². The molecule has 0 atom stereocenters. The van der Waals surface area contributed by atoms with E-state index in [0.717, 1.165) is 26.2 Å². The van der Waals surface area contributed by atoms with Gasteiger partial charge in [-0.05, 0) is 41.9 Å². The van der Waals surface area contributed by atoms with Crippen molar-refractivity contribution < 1.29 is 4.39 Å². The van der Waals surface area contributed by atoms with E-state index < -0.39 is 0 Å². The molecule has 1 saturated heterocycles. The predicted molar refractivity (Wildman–Crippen MR) is 84.0 cm³/mol. The quantitative estimate of drug-likeness (QED) is 0.655. The number of rotatable bonds is 3. The fourth-order valence-corrected chi connectivity index (χ4v) is 3.02. The molecular formula is C14H20BrFN4. The Bertz CT molecular complexity index is 510. The third-order valence-corrected chi connectivity index (χ3v) is 4.51. The second-order valence-corrected chi connectivity index (χ2v) is 6.08.